The van der Waals surface area contributed by atoms with Gasteiger partial charge in [0.2, 0.25) is 0 Å². The fourth-order valence-electron chi connectivity index (χ4n) is 6.27. The van der Waals surface area contributed by atoms with Crippen molar-refractivity contribution in [1.29, 1.82) is 5.26 Å². The molecule has 1 N–H and O–H groups in total. The molecule has 1 aromatic carbocycles. The standard InChI is InChI=1S/C34H54N4O4/c1-32(2,3)41-30(39)18-13-27(24-35)26-11-16-29(17-12-26)37-19-21-38(22-20-37)34(7,8)23-25-9-14-28(15-10-25)36-31(40)42-33(4,5)6/h11-12,16-17,25,27-28H,9-10,13-15,18-23H2,1-8H3,(H,36,40). The van der Waals surface area contributed by atoms with E-state index >= 15 is 0 Å². The molecule has 0 aromatic heterocycles. The van der Waals surface area contributed by atoms with Crippen LogP contribution in [-0.4, -0.2) is 65.9 Å². The molecule has 8 nitrogen and oxygen atoms in total. The van der Waals surface area contributed by atoms with Gasteiger partial charge in [-0.1, -0.05) is 12.1 Å². The van der Waals surface area contributed by atoms with Crippen LogP contribution in [0.3, 0.4) is 0 Å². The second-order valence-corrected chi connectivity index (χ2v) is 14.8. The van der Waals surface area contributed by atoms with Gasteiger partial charge in [0.25, 0.3) is 0 Å². The number of alkyl carbamates (subject to hydrolysis) is 1. The minimum atomic E-state index is -0.512. The smallest absolute Gasteiger partial charge is 0.407 e. The van der Waals surface area contributed by atoms with E-state index in [-0.39, 0.29) is 36.0 Å². The van der Waals surface area contributed by atoms with Crippen LogP contribution in [0, 0.1) is 17.2 Å². The molecule has 234 valence electrons. The number of nitrogens with one attached hydrogen (secondary N) is 1. The van der Waals surface area contributed by atoms with Crippen molar-refractivity contribution in [2.75, 3.05) is 31.1 Å². The first-order valence-electron chi connectivity index (χ1n) is 15.8. The Bertz CT molecular complexity index is 1060. The minimum Gasteiger partial charge on any atom is -0.460 e. The first-order chi connectivity index (χ1) is 19.5. The largest absolute Gasteiger partial charge is 0.460 e. The molecule has 1 unspecified atom stereocenters. The lowest BCUT2D eigenvalue weighted by molar-refractivity contribution is -0.154. The van der Waals surface area contributed by atoms with Gasteiger partial charge in [0.15, 0.2) is 0 Å². The fourth-order valence-corrected chi connectivity index (χ4v) is 6.27. The van der Waals surface area contributed by atoms with Crippen LogP contribution < -0.4 is 10.2 Å². The topological polar surface area (TPSA) is 94.9 Å². The van der Waals surface area contributed by atoms with Gasteiger partial charge < -0.3 is 19.7 Å². The summed E-state index contributed by atoms with van der Waals surface area (Å²) in [5.74, 6) is 0.0843. The van der Waals surface area contributed by atoms with E-state index in [1.165, 1.54) is 12.1 Å². The van der Waals surface area contributed by atoms with Crippen LogP contribution in [0.5, 0.6) is 0 Å². The third-order valence-corrected chi connectivity index (χ3v) is 8.37. The Morgan fingerprint density at radius 2 is 1.48 bits per heavy atom. The summed E-state index contributed by atoms with van der Waals surface area (Å²) in [5.41, 5.74) is 1.27. The van der Waals surface area contributed by atoms with Crippen LogP contribution in [0.4, 0.5) is 10.5 Å². The molecule has 1 amide bonds. The molecule has 42 heavy (non-hydrogen) atoms. The van der Waals surface area contributed by atoms with Gasteiger partial charge >= 0.3 is 12.1 Å². The highest BCUT2D eigenvalue weighted by atomic mass is 16.6. The van der Waals surface area contributed by atoms with Gasteiger partial charge in [0.1, 0.15) is 11.2 Å². The summed E-state index contributed by atoms with van der Waals surface area (Å²) >= 11 is 0. The molecule has 3 rings (SSSR count). The number of ether oxygens (including phenoxy) is 2. The van der Waals surface area contributed by atoms with Crippen molar-refractivity contribution in [3.05, 3.63) is 29.8 Å². The molecule has 1 aliphatic carbocycles. The molecule has 1 aliphatic heterocycles. The van der Waals surface area contributed by atoms with Crippen LogP contribution in [-0.2, 0) is 14.3 Å². The molecule has 1 saturated heterocycles. The zero-order valence-corrected chi connectivity index (χ0v) is 27.3. The Kier molecular flexibility index (Phi) is 11.3. The summed E-state index contributed by atoms with van der Waals surface area (Å²) in [7, 11) is 0. The number of nitrogens with zero attached hydrogens (tertiary/aromatic N) is 3. The predicted octanol–water partition coefficient (Wildman–Crippen LogP) is 6.79. The highest BCUT2D eigenvalue weighted by Crippen LogP contribution is 2.34. The molecule has 0 bridgehead atoms. The van der Waals surface area contributed by atoms with Gasteiger partial charge in [-0.3, -0.25) is 9.69 Å². The first kappa shape index (κ1) is 33.7. The van der Waals surface area contributed by atoms with Crippen molar-refractivity contribution in [3.63, 3.8) is 0 Å². The number of hydrogen-bond donors (Lipinski definition) is 1. The molecule has 1 aromatic rings. The summed E-state index contributed by atoms with van der Waals surface area (Å²) in [6.45, 7) is 20.0. The van der Waals surface area contributed by atoms with Gasteiger partial charge in [-0.25, -0.2) is 4.79 Å². The molecule has 2 aliphatic rings. The Balaban J connectivity index is 1.44. The molecule has 0 spiro atoms. The lowest BCUT2D eigenvalue weighted by Gasteiger charge is -2.46. The molecule has 1 heterocycles. The van der Waals surface area contributed by atoms with Gasteiger partial charge in [-0.05, 0) is 118 Å². The maximum atomic E-state index is 12.1. The van der Waals surface area contributed by atoms with E-state index in [0.717, 1.165) is 57.4 Å². The molecule has 8 heteroatoms. The van der Waals surface area contributed by atoms with Crippen LogP contribution in [0.1, 0.15) is 112 Å². The first-order valence-corrected chi connectivity index (χ1v) is 15.8. The van der Waals surface area contributed by atoms with E-state index in [1.807, 2.05) is 53.7 Å². The van der Waals surface area contributed by atoms with E-state index in [9.17, 15) is 14.9 Å². The normalized spacial score (nSPS) is 21.3. The fraction of sp³-hybridized carbons (Fsp3) is 0.735. The van der Waals surface area contributed by atoms with E-state index in [1.54, 1.807) is 0 Å². The van der Waals surface area contributed by atoms with E-state index in [4.69, 9.17) is 9.47 Å². The average molecular weight is 583 g/mol. The Labute approximate surface area is 254 Å². The molecule has 0 radical (unpaired) electrons. The van der Waals surface area contributed by atoms with E-state index in [0.29, 0.717) is 12.3 Å². The number of hydrogen-bond acceptors (Lipinski definition) is 7. The molecular weight excluding hydrogens is 528 g/mol. The third-order valence-electron chi connectivity index (χ3n) is 8.37. The summed E-state index contributed by atoms with van der Waals surface area (Å²) in [5, 5.41) is 12.8. The maximum Gasteiger partial charge on any atom is 0.407 e. The van der Waals surface area contributed by atoms with Gasteiger partial charge in [0, 0.05) is 49.9 Å². The Morgan fingerprint density at radius 1 is 0.905 bits per heavy atom. The zero-order chi connectivity index (χ0) is 31.1. The number of carbonyl (C=O) groups is 2. The second-order valence-electron chi connectivity index (χ2n) is 14.8. The number of esters is 1. The number of rotatable bonds is 9. The highest BCUT2D eigenvalue weighted by molar-refractivity contribution is 5.70. The lowest BCUT2D eigenvalue weighted by Crippen LogP contribution is -2.55. The second kappa shape index (κ2) is 14.1. The minimum absolute atomic E-state index is 0.125. The van der Waals surface area contributed by atoms with Crippen LogP contribution in [0.2, 0.25) is 0 Å². The molecule has 1 atom stereocenters. The monoisotopic (exact) mass is 582 g/mol. The van der Waals surface area contributed by atoms with Crippen molar-refractivity contribution in [3.8, 4) is 6.07 Å². The third kappa shape index (κ3) is 10.8. The van der Waals surface area contributed by atoms with Crippen LogP contribution >= 0.6 is 0 Å². The van der Waals surface area contributed by atoms with Crippen molar-refractivity contribution >= 4 is 17.7 Å². The van der Waals surface area contributed by atoms with Crippen molar-refractivity contribution in [2.24, 2.45) is 5.92 Å². The van der Waals surface area contributed by atoms with Gasteiger partial charge in [-0.15, -0.1) is 0 Å². The van der Waals surface area contributed by atoms with Gasteiger partial charge in [-0.2, -0.15) is 5.26 Å². The van der Waals surface area contributed by atoms with E-state index in [2.05, 4.69) is 47.2 Å². The number of piperazine rings is 1. The SMILES string of the molecule is CC(C)(C)OC(=O)CCC(C#N)c1ccc(N2CCN(C(C)(C)CC3CCC(NC(=O)OC(C)(C)C)CC3)CC2)cc1. The Morgan fingerprint density at radius 3 is 2.00 bits per heavy atom. The quantitative estimate of drug-likeness (QED) is 0.320. The number of carbonyl (C=O) groups excluding carboxylic acids is 2. The highest BCUT2D eigenvalue weighted by Gasteiger charge is 2.34. The van der Waals surface area contributed by atoms with Crippen molar-refractivity contribution < 1.29 is 19.1 Å². The predicted molar refractivity (Wildman–Crippen MR) is 167 cm³/mol. The average Bonchev–Trinajstić information content (AvgIpc) is 2.88. The molecule has 2 fully saturated rings. The number of anilines is 1. The summed E-state index contributed by atoms with van der Waals surface area (Å²) < 4.78 is 10.8. The summed E-state index contributed by atoms with van der Waals surface area (Å²) in [6.07, 6.45) is 5.85. The number of nitriles is 1. The van der Waals surface area contributed by atoms with Gasteiger partial charge in [0.05, 0.1) is 12.0 Å². The summed E-state index contributed by atoms with van der Waals surface area (Å²) in [4.78, 5) is 29.3. The molecule has 1 saturated carbocycles. The zero-order valence-electron chi connectivity index (χ0n) is 27.3. The van der Waals surface area contributed by atoms with Crippen LogP contribution in [0.25, 0.3) is 0 Å². The number of benzene rings is 1. The van der Waals surface area contributed by atoms with Crippen molar-refractivity contribution in [1.82, 2.24) is 10.2 Å². The summed E-state index contributed by atoms with van der Waals surface area (Å²) in [6, 6.07) is 10.8. The number of amides is 1. The molecular formula is C34H54N4O4. The van der Waals surface area contributed by atoms with Crippen molar-refractivity contribution in [2.45, 2.75) is 129 Å². The Hall–Kier alpha value is -2.79. The van der Waals surface area contributed by atoms with Crippen LogP contribution in [0.15, 0.2) is 24.3 Å². The van der Waals surface area contributed by atoms with E-state index < -0.39 is 11.2 Å². The maximum absolute atomic E-state index is 12.1. The lowest BCUT2D eigenvalue weighted by atomic mass is 9.78.